The van der Waals surface area contributed by atoms with Crippen LogP contribution in [-0.2, 0) is 20.0 Å². The van der Waals surface area contributed by atoms with E-state index in [1.54, 1.807) is 11.3 Å². The van der Waals surface area contributed by atoms with Crippen molar-refractivity contribution in [3.8, 4) is 0 Å². The molecule has 1 saturated heterocycles. The fourth-order valence-corrected chi connectivity index (χ4v) is 3.81. The van der Waals surface area contributed by atoms with Crippen LogP contribution < -0.4 is 5.32 Å². The third-order valence-electron chi connectivity index (χ3n) is 4.85. The monoisotopic (exact) mass is 334 g/mol. The summed E-state index contributed by atoms with van der Waals surface area (Å²) in [5.41, 5.74) is 0. The van der Waals surface area contributed by atoms with Gasteiger partial charge >= 0.3 is 0 Å². The topological polar surface area (TPSA) is 58.9 Å². The average molecular weight is 334 g/mol. The van der Waals surface area contributed by atoms with Crippen molar-refractivity contribution in [2.45, 2.75) is 38.8 Å². The lowest BCUT2D eigenvalue weighted by molar-refractivity contribution is 0.243. The maximum absolute atomic E-state index is 4.44. The quantitative estimate of drug-likeness (QED) is 0.876. The maximum Gasteiger partial charge on any atom is 0.146 e. The predicted octanol–water partition coefficient (Wildman–Crippen LogP) is 2.01. The second-order valence-electron chi connectivity index (χ2n) is 6.45. The minimum absolute atomic E-state index is 0.291. The number of hydrogen-bond donors (Lipinski definition) is 1. The molecule has 0 aliphatic carbocycles. The molecule has 0 bridgehead atoms. The molecule has 1 N–H and O–H groups in total. The van der Waals surface area contributed by atoms with Crippen molar-refractivity contribution in [2.75, 3.05) is 20.1 Å². The van der Waals surface area contributed by atoms with Crippen molar-refractivity contribution < 1.29 is 0 Å². The van der Waals surface area contributed by atoms with E-state index in [1.165, 1.54) is 12.8 Å². The molecule has 126 valence electrons. The van der Waals surface area contributed by atoms with Gasteiger partial charge in [-0.15, -0.1) is 21.5 Å². The number of rotatable bonds is 6. The molecule has 0 unspecified atom stereocenters. The average Bonchev–Trinajstić information content (AvgIpc) is 3.21. The normalized spacial score (nSPS) is 17.7. The highest BCUT2D eigenvalue weighted by Gasteiger charge is 2.20. The van der Waals surface area contributed by atoms with E-state index in [1.807, 2.05) is 11.6 Å². The molecule has 0 radical (unpaired) electrons. The van der Waals surface area contributed by atoms with Crippen molar-refractivity contribution in [3.05, 3.63) is 28.2 Å². The Hall–Kier alpha value is -1.31. The zero-order valence-electron chi connectivity index (χ0n) is 14.2. The molecule has 0 aromatic carbocycles. The van der Waals surface area contributed by atoms with Gasteiger partial charge in [-0.05, 0) is 45.8 Å². The van der Waals surface area contributed by atoms with E-state index in [-0.39, 0.29) is 0 Å². The highest BCUT2D eigenvalue weighted by atomic mass is 32.1. The molecule has 23 heavy (non-hydrogen) atoms. The summed E-state index contributed by atoms with van der Waals surface area (Å²) >= 11 is 1.70. The van der Waals surface area contributed by atoms with E-state index in [2.05, 4.69) is 51.0 Å². The lowest BCUT2D eigenvalue weighted by Crippen LogP contribution is -2.29. The summed E-state index contributed by atoms with van der Waals surface area (Å²) in [6.07, 6.45) is 5.38. The van der Waals surface area contributed by atoms with Crippen LogP contribution >= 0.6 is 11.3 Å². The lowest BCUT2D eigenvalue weighted by Gasteiger charge is -2.23. The van der Waals surface area contributed by atoms with E-state index in [4.69, 9.17) is 0 Å². The SMILES string of the molecule is C[C@@H](c1nccs1)N(C)Cc1nnc(CC2CCNCC2)n1C. The summed E-state index contributed by atoms with van der Waals surface area (Å²) < 4.78 is 2.17. The highest BCUT2D eigenvalue weighted by Crippen LogP contribution is 2.22. The Bertz CT molecular complexity index is 602. The molecule has 1 aliphatic heterocycles. The van der Waals surface area contributed by atoms with Gasteiger partial charge in [-0.3, -0.25) is 4.90 Å². The van der Waals surface area contributed by atoms with E-state index < -0.39 is 0 Å². The van der Waals surface area contributed by atoms with Crippen LogP contribution in [0.25, 0.3) is 0 Å². The Kier molecular flexibility index (Phi) is 5.40. The largest absolute Gasteiger partial charge is 0.317 e. The fraction of sp³-hybridized carbons (Fsp3) is 0.688. The Labute approximate surface area is 141 Å². The van der Waals surface area contributed by atoms with Crippen molar-refractivity contribution in [1.82, 2.24) is 30.0 Å². The maximum atomic E-state index is 4.44. The molecular weight excluding hydrogens is 308 g/mol. The first kappa shape index (κ1) is 16.5. The molecule has 2 aromatic rings. The minimum atomic E-state index is 0.291. The van der Waals surface area contributed by atoms with Gasteiger partial charge in [-0.1, -0.05) is 0 Å². The number of aromatic nitrogens is 4. The zero-order valence-corrected chi connectivity index (χ0v) is 15.0. The molecule has 1 fully saturated rings. The van der Waals surface area contributed by atoms with E-state index in [0.29, 0.717) is 6.04 Å². The predicted molar refractivity (Wildman–Crippen MR) is 92.3 cm³/mol. The van der Waals surface area contributed by atoms with Crippen LogP contribution in [0.3, 0.4) is 0 Å². The number of piperidine rings is 1. The standard InChI is InChI=1S/C16H26N6S/c1-12(16-18-8-9-23-16)21(2)11-15-20-19-14(22(15)3)10-13-4-6-17-7-5-13/h8-9,12-13,17H,4-7,10-11H2,1-3H3/t12-/m0/s1. The molecule has 1 atom stereocenters. The van der Waals surface area contributed by atoms with Crippen molar-refractivity contribution in [1.29, 1.82) is 0 Å². The van der Waals surface area contributed by atoms with Crippen LogP contribution in [0, 0.1) is 5.92 Å². The summed E-state index contributed by atoms with van der Waals surface area (Å²) in [5, 5.41) is 15.4. The van der Waals surface area contributed by atoms with Gasteiger partial charge < -0.3 is 9.88 Å². The minimum Gasteiger partial charge on any atom is -0.317 e. The molecule has 3 heterocycles. The fourth-order valence-electron chi connectivity index (χ4n) is 3.05. The van der Waals surface area contributed by atoms with Gasteiger partial charge in [-0.2, -0.15) is 0 Å². The summed E-state index contributed by atoms with van der Waals surface area (Å²) in [5.74, 6) is 2.88. The Morgan fingerprint density at radius 1 is 1.35 bits per heavy atom. The number of nitrogens with one attached hydrogen (secondary N) is 1. The van der Waals surface area contributed by atoms with Gasteiger partial charge in [0.2, 0.25) is 0 Å². The first-order chi connectivity index (χ1) is 11.1. The van der Waals surface area contributed by atoms with Gasteiger partial charge in [0.25, 0.3) is 0 Å². The second-order valence-corrected chi connectivity index (χ2v) is 7.38. The van der Waals surface area contributed by atoms with E-state index in [9.17, 15) is 0 Å². The molecule has 6 nitrogen and oxygen atoms in total. The van der Waals surface area contributed by atoms with E-state index >= 15 is 0 Å². The number of thiazole rings is 1. The van der Waals surface area contributed by atoms with Crippen molar-refractivity contribution in [2.24, 2.45) is 13.0 Å². The highest BCUT2D eigenvalue weighted by molar-refractivity contribution is 7.09. The second kappa shape index (κ2) is 7.51. The van der Waals surface area contributed by atoms with Gasteiger partial charge in [0.15, 0.2) is 0 Å². The molecule has 7 heteroatoms. The number of nitrogens with zero attached hydrogens (tertiary/aromatic N) is 5. The molecule has 3 rings (SSSR count). The summed E-state index contributed by atoms with van der Waals surface area (Å²) in [4.78, 5) is 6.69. The first-order valence-electron chi connectivity index (χ1n) is 8.32. The van der Waals surface area contributed by atoms with Gasteiger partial charge in [0.05, 0.1) is 12.6 Å². The molecule has 0 amide bonds. The van der Waals surface area contributed by atoms with Crippen molar-refractivity contribution in [3.63, 3.8) is 0 Å². The smallest absolute Gasteiger partial charge is 0.146 e. The van der Waals surface area contributed by atoms with Gasteiger partial charge in [0.1, 0.15) is 16.7 Å². The molecule has 2 aromatic heterocycles. The summed E-state index contributed by atoms with van der Waals surface area (Å²) in [6, 6.07) is 0.291. The van der Waals surface area contributed by atoms with Crippen molar-refractivity contribution >= 4 is 11.3 Å². The summed E-state index contributed by atoms with van der Waals surface area (Å²) in [7, 11) is 4.21. The van der Waals surface area contributed by atoms with Crippen LogP contribution in [-0.4, -0.2) is 44.8 Å². The lowest BCUT2D eigenvalue weighted by atomic mass is 9.94. The summed E-state index contributed by atoms with van der Waals surface area (Å²) in [6.45, 7) is 5.23. The van der Waals surface area contributed by atoms with Crippen LogP contribution in [0.4, 0.5) is 0 Å². The molecular formula is C16H26N6S. The molecule has 0 saturated carbocycles. The molecule has 1 aliphatic rings. The molecule has 0 spiro atoms. The van der Waals surface area contributed by atoms with Crippen LogP contribution in [0.15, 0.2) is 11.6 Å². The van der Waals surface area contributed by atoms with Gasteiger partial charge in [0, 0.05) is 25.0 Å². The van der Waals surface area contributed by atoms with Crippen LogP contribution in [0.2, 0.25) is 0 Å². The van der Waals surface area contributed by atoms with Crippen LogP contribution in [0.1, 0.15) is 42.5 Å². The number of hydrogen-bond acceptors (Lipinski definition) is 6. The third kappa shape index (κ3) is 3.97. The van der Waals surface area contributed by atoms with Crippen LogP contribution in [0.5, 0.6) is 0 Å². The van der Waals surface area contributed by atoms with E-state index in [0.717, 1.165) is 48.6 Å². The zero-order chi connectivity index (χ0) is 16.2. The first-order valence-corrected chi connectivity index (χ1v) is 9.20. The Morgan fingerprint density at radius 2 is 2.09 bits per heavy atom. The Morgan fingerprint density at radius 3 is 2.78 bits per heavy atom. The third-order valence-corrected chi connectivity index (χ3v) is 5.79. The Balaban J connectivity index is 1.62. The van der Waals surface area contributed by atoms with Gasteiger partial charge in [-0.25, -0.2) is 4.98 Å².